The van der Waals surface area contributed by atoms with Gasteiger partial charge in [-0.2, -0.15) is 0 Å². The third-order valence-electron chi connectivity index (χ3n) is 1.81. The number of aromatic nitrogens is 2. The minimum Gasteiger partial charge on any atom is -0.382 e. The van der Waals surface area contributed by atoms with Crippen LogP contribution in [-0.4, -0.2) is 31.2 Å². The van der Waals surface area contributed by atoms with Crippen molar-refractivity contribution in [2.75, 3.05) is 13.2 Å². The Labute approximate surface area is 89.1 Å². The second-order valence-corrected chi connectivity index (χ2v) is 4.55. The Morgan fingerprint density at radius 1 is 1.60 bits per heavy atom. The summed E-state index contributed by atoms with van der Waals surface area (Å²) in [6, 6.07) is 0. The van der Waals surface area contributed by atoms with Crippen molar-refractivity contribution in [2.24, 2.45) is 5.14 Å². The summed E-state index contributed by atoms with van der Waals surface area (Å²) in [5.74, 6) is 0. The minimum atomic E-state index is -3.68. The fourth-order valence-corrected chi connectivity index (χ4v) is 1.58. The smallest absolute Gasteiger partial charge is 0.257 e. The molecule has 0 atom stereocenters. The zero-order chi connectivity index (χ0) is 11.3. The molecule has 0 unspecified atom stereocenters. The van der Waals surface area contributed by atoms with Crippen LogP contribution < -0.4 is 5.14 Å². The van der Waals surface area contributed by atoms with Gasteiger partial charge in [-0.15, -0.1) is 0 Å². The van der Waals surface area contributed by atoms with Crippen LogP contribution in [0.5, 0.6) is 0 Å². The summed E-state index contributed by atoms with van der Waals surface area (Å²) >= 11 is 0. The van der Waals surface area contributed by atoms with E-state index < -0.39 is 10.0 Å². The molecular formula is C8H15N3O3S. The number of aryl methyl sites for hydroxylation is 1. The van der Waals surface area contributed by atoms with Gasteiger partial charge in [-0.1, -0.05) is 0 Å². The first-order chi connectivity index (χ1) is 7.04. The normalized spacial score (nSPS) is 11.9. The molecule has 0 aliphatic rings. The average Bonchev–Trinajstić information content (AvgIpc) is 2.60. The van der Waals surface area contributed by atoms with Crippen LogP contribution in [0.2, 0.25) is 0 Å². The maximum Gasteiger partial charge on any atom is 0.257 e. The third-order valence-corrected chi connectivity index (χ3v) is 2.60. The van der Waals surface area contributed by atoms with Gasteiger partial charge in [0.1, 0.15) is 0 Å². The quantitative estimate of drug-likeness (QED) is 0.698. The van der Waals surface area contributed by atoms with Gasteiger partial charge < -0.3 is 9.30 Å². The molecular weight excluding hydrogens is 218 g/mol. The summed E-state index contributed by atoms with van der Waals surface area (Å²) in [7, 11) is -3.68. The first-order valence-corrected chi connectivity index (χ1v) is 6.21. The molecule has 7 heteroatoms. The van der Waals surface area contributed by atoms with Crippen molar-refractivity contribution in [1.82, 2.24) is 9.55 Å². The molecule has 0 aromatic carbocycles. The van der Waals surface area contributed by atoms with Crippen molar-refractivity contribution >= 4 is 10.0 Å². The summed E-state index contributed by atoms with van der Waals surface area (Å²) < 4.78 is 28.6. The highest BCUT2D eigenvalue weighted by molar-refractivity contribution is 7.89. The Morgan fingerprint density at radius 2 is 2.33 bits per heavy atom. The lowest BCUT2D eigenvalue weighted by atomic mass is 10.4. The average molecular weight is 233 g/mol. The van der Waals surface area contributed by atoms with Crippen LogP contribution >= 0.6 is 0 Å². The van der Waals surface area contributed by atoms with Gasteiger partial charge in [0.15, 0.2) is 5.03 Å². The van der Waals surface area contributed by atoms with Gasteiger partial charge in [-0.3, -0.25) is 0 Å². The number of imidazole rings is 1. The first-order valence-electron chi connectivity index (χ1n) is 4.66. The number of primary sulfonamides is 1. The predicted molar refractivity (Wildman–Crippen MR) is 54.7 cm³/mol. The van der Waals surface area contributed by atoms with Gasteiger partial charge in [0.05, 0.1) is 6.33 Å². The maximum absolute atomic E-state index is 10.9. The summed E-state index contributed by atoms with van der Waals surface area (Å²) in [6.07, 6.45) is 3.68. The third kappa shape index (κ3) is 3.98. The topological polar surface area (TPSA) is 87.2 Å². The summed E-state index contributed by atoms with van der Waals surface area (Å²) in [5.41, 5.74) is 0. The Hall–Kier alpha value is -0.920. The van der Waals surface area contributed by atoms with E-state index >= 15 is 0 Å². The fraction of sp³-hybridized carbons (Fsp3) is 0.625. The molecule has 0 aliphatic carbocycles. The summed E-state index contributed by atoms with van der Waals surface area (Å²) in [4.78, 5) is 3.70. The molecule has 0 aliphatic heterocycles. The molecule has 0 radical (unpaired) electrons. The Balaban J connectivity index is 2.47. The number of nitrogens with zero attached hydrogens (tertiary/aromatic N) is 2. The van der Waals surface area contributed by atoms with Crippen molar-refractivity contribution in [2.45, 2.75) is 24.9 Å². The lowest BCUT2D eigenvalue weighted by Gasteiger charge is -2.01. The van der Waals surface area contributed by atoms with Crippen molar-refractivity contribution in [1.29, 1.82) is 0 Å². The lowest BCUT2D eigenvalue weighted by Crippen LogP contribution is -2.12. The van der Waals surface area contributed by atoms with E-state index in [1.165, 1.54) is 12.5 Å². The van der Waals surface area contributed by atoms with Crippen LogP contribution in [0.1, 0.15) is 13.3 Å². The molecule has 1 aromatic rings. The number of hydrogen-bond donors (Lipinski definition) is 1. The summed E-state index contributed by atoms with van der Waals surface area (Å²) in [5, 5.41) is 4.82. The van der Waals surface area contributed by atoms with E-state index in [1.807, 2.05) is 6.92 Å². The number of nitrogens with two attached hydrogens (primary N) is 1. The van der Waals surface area contributed by atoms with Crippen molar-refractivity contribution in [3.63, 3.8) is 0 Å². The van der Waals surface area contributed by atoms with Gasteiger partial charge in [0.25, 0.3) is 10.0 Å². The molecule has 0 saturated heterocycles. The van der Waals surface area contributed by atoms with Crippen LogP contribution in [0.25, 0.3) is 0 Å². The number of rotatable bonds is 6. The number of ether oxygens (including phenoxy) is 1. The lowest BCUT2D eigenvalue weighted by molar-refractivity contribution is 0.141. The second-order valence-electron chi connectivity index (χ2n) is 3.05. The molecule has 0 fully saturated rings. The van der Waals surface area contributed by atoms with Crippen LogP contribution in [0.15, 0.2) is 17.6 Å². The maximum atomic E-state index is 10.9. The molecule has 0 bridgehead atoms. The summed E-state index contributed by atoms with van der Waals surface area (Å²) in [6.45, 7) is 3.94. The van der Waals surface area contributed by atoms with Gasteiger partial charge in [-0.05, 0) is 13.3 Å². The van der Waals surface area contributed by atoms with E-state index in [-0.39, 0.29) is 5.03 Å². The molecule has 86 valence electrons. The second kappa shape index (κ2) is 5.24. The van der Waals surface area contributed by atoms with Crippen LogP contribution in [-0.2, 0) is 21.3 Å². The molecule has 6 nitrogen and oxygen atoms in total. The molecule has 0 saturated carbocycles. The number of hydrogen-bond acceptors (Lipinski definition) is 4. The highest BCUT2D eigenvalue weighted by atomic mass is 32.2. The molecule has 2 N–H and O–H groups in total. The SMILES string of the molecule is CCOCCCn1cnc(S(N)(=O)=O)c1. The number of sulfonamides is 1. The fourth-order valence-electron chi connectivity index (χ4n) is 1.10. The molecule has 0 amide bonds. The highest BCUT2D eigenvalue weighted by Gasteiger charge is 2.10. The molecule has 15 heavy (non-hydrogen) atoms. The first kappa shape index (κ1) is 12.2. The molecule has 1 heterocycles. The van der Waals surface area contributed by atoms with Crippen LogP contribution in [0.4, 0.5) is 0 Å². The zero-order valence-electron chi connectivity index (χ0n) is 8.59. The monoisotopic (exact) mass is 233 g/mol. The van der Waals surface area contributed by atoms with Crippen LogP contribution in [0, 0.1) is 0 Å². The Bertz CT molecular complexity index is 399. The zero-order valence-corrected chi connectivity index (χ0v) is 9.40. The van der Waals surface area contributed by atoms with E-state index in [0.717, 1.165) is 6.42 Å². The highest BCUT2D eigenvalue weighted by Crippen LogP contribution is 2.02. The predicted octanol–water partition coefficient (Wildman–Crippen LogP) is -0.0429. The Kier molecular flexibility index (Phi) is 4.25. The molecule has 1 aromatic heterocycles. The van der Waals surface area contributed by atoms with E-state index in [2.05, 4.69) is 4.98 Å². The van der Waals surface area contributed by atoms with Gasteiger partial charge in [0.2, 0.25) is 0 Å². The van der Waals surface area contributed by atoms with Gasteiger partial charge in [0, 0.05) is 26.0 Å². The standard InChI is InChI=1S/C8H15N3O3S/c1-2-14-5-3-4-11-6-8(10-7-11)15(9,12)13/h6-7H,2-5H2,1H3,(H2,9,12,13). The van der Waals surface area contributed by atoms with Crippen molar-refractivity contribution in [3.05, 3.63) is 12.5 Å². The van der Waals surface area contributed by atoms with Gasteiger partial charge in [-0.25, -0.2) is 18.5 Å². The molecule has 1 rings (SSSR count). The van der Waals surface area contributed by atoms with E-state index in [0.29, 0.717) is 19.8 Å². The van der Waals surface area contributed by atoms with Gasteiger partial charge >= 0.3 is 0 Å². The van der Waals surface area contributed by atoms with E-state index in [1.54, 1.807) is 4.57 Å². The Morgan fingerprint density at radius 3 is 2.87 bits per heavy atom. The molecule has 0 spiro atoms. The van der Waals surface area contributed by atoms with Crippen molar-refractivity contribution in [3.8, 4) is 0 Å². The largest absolute Gasteiger partial charge is 0.382 e. The van der Waals surface area contributed by atoms with E-state index in [9.17, 15) is 8.42 Å². The van der Waals surface area contributed by atoms with E-state index in [4.69, 9.17) is 9.88 Å². The van der Waals surface area contributed by atoms with Crippen molar-refractivity contribution < 1.29 is 13.2 Å². The van der Waals surface area contributed by atoms with Crippen LogP contribution in [0.3, 0.4) is 0 Å². The minimum absolute atomic E-state index is 0.0982.